The molecule has 0 unspecified atom stereocenters. The van der Waals surface area contributed by atoms with Crippen LogP contribution in [-0.2, 0) is 26.2 Å². The number of rotatable bonds is 3. The van der Waals surface area contributed by atoms with Crippen LogP contribution in [0.2, 0.25) is 0 Å². The van der Waals surface area contributed by atoms with Gasteiger partial charge in [-0.15, -0.1) is 5.70 Å². The average Bonchev–Trinajstić information content (AvgIpc) is 2.46. The second kappa shape index (κ2) is 5.74. The summed E-state index contributed by atoms with van der Waals surface area (Å²) in [6, 6.07) is 0. The molecule has 0 saturated carbocycles. The summed E-state index contributed by atoms with van der Waals surface area (Å²) in [7, 11) is 12.4. The first kappa shape index (κ1) is 14.8. The molecule has 0 heterocycles. The van der Waals surface area contributed by atoms with Crippen molar-refractivity contribution in [3.8, 4) is 0 Å². The van der Waals surface area contributed by atoms with Crippen molar-refractivity contribution in [3.63, 3.8) is 0 Å². The Bertz CT molecular complexity index is 278. The van der Waals surface area contributed by atoms with Crippen molar-refractivity contribution in [2.24, 2.45) is 0 Å². The summed E-state index contributed by atoms with van der Waals surface area (Å²) in [6.45, 7) is 0. The zero-order valence-corrected chi connectivity index (χ0v) is 13.0. The minimum atomic E-state index is 0. The summed E-state index contributed by atoms with van der Waals surface area (Å²) >= 11 is 0. The van der Waals surface area contributed by atoms with Gasteiger partial charge in [0.05, 0.1) is 0 Å². The third-order valence-corrected chi connectivity index (χ3v) is 2.36. The quantitative estimate of drug-likeness (QED) is 0.716. The molecule has 0 radical (unpaired) electrons. The summed E-state index contributed by atoms with van der Waals surface area (Å²) in [5.41, 5.74) is 3.80. The van der Waals surface area contributed by atoms with Crippen molar-refractivity contribution < 1.29 is 26.2 Å². The van der Waals surface area contributed by atoms with Crippen molar-refractivity contribution in [2.75, 3.05) is 42.3 Å². The summed E-state index contributed by atoms with van der Waals surface area (Å²) < 4.78 is 0. The minimum Gasteiger partial charge on any atom is -0.450 e. The van der Waals surface area contributed by atoms with E-state index in [0.29, 0.717) is 0 Å². The summed E-state index contributed by atoms with van der Waals surface area (Å²) in [6.07, 6.45) is 4.31. The fraction of sp³-hybridized carbons (Fsp3) is 0.636. The Labute approximate surface area is 113 Å². The van der Waals surface area contributed by atoms with E-state index in [4.69, 9.17) is 0 Å². The van der Waals surface area contributed by atoms with Crippen molar-refractivity contribution in [3.05, 3.63) is 23.2 Å². The van der Waals surface area contributed by atoms with Crippen LogP contribution in [-0.4, -0.2) is 57.0 Å². The van der Waals surface area contributed by atoms with Crippen LogP contribution in [0.1, 0.15) is 6.42 Å². The fourth-order valence-corrected chi connectivity index (χ4v) is 1.68. The normalized spacial score (nSPS) is 14.7. The summed E-state index contributed by atoms with van der Waals surface area (Å²) in [5, 5.41) is 0. The van der Waals surface area contributed by atoms with Gasteiger partial charge in [0, 0.05) is 54.4 Å². The van der Waals surface area contributed by atoms with Crippen LogP contribution in [0.15, 0.2) is 17.1 Å². The van der Waals surface area contributed by atoms with Gasteiger partial charge in [-0.3, -0.25) is 0 Å². The Morgan fingerprint density at radius 2 is 1.40 bits per heavy atom. The predicted octanol–water partition coefficient (Wildman–Crippen LogP) is 0.971. The number of allylic oxidation sites excluding steroid dienone is 1. The zero-order valence-electron chi connectivity index (χ0n) is 10.5. The van der Waals surface area contributed by atoms with E-state index in [0.717, 1.165) is 6.42 Å². The van der Waals surface area contributed by atoms with Gasteiger partial charge in [0.2, 0.25) is 0 Å². The van der Waals surface area contributed by atoms with Crippen LogP contribution in [0.25, 0.3) is 0 Å². The van der Waals surface area contributed by atoms with Gasteiger partial charge in [0.1, 0.15) is 0 Å². The molecule has 0 N–H and O–H groups in total. The molecular weight excluding hydrogens is 265 g/mol. The molecule has 0 bridgehead atoms. The summed E-state index contributed by atoms with van der Waals surface area (Å²) in [4.78, 5) is 6.44. The maximum absolute atomic E-state index is 3.40. The molecule has 0 aromatic heterocycles. The van der Waals surface area contributed by atoms with Gasteiger partial charge < -0.3 is 14.7 Å². The molecule has 0 atom stereocenters. The SMILES string of the molecule is CN(C)C1=[C-]CC(N(C)C)=C1N(C)C.[Zr]. The number of likely N-dealkylation sites (N-methyl/N-ethyl adjacent to an activating group) is 2. The van der Waals surface area contributed by atoms with Gasteiger partial charge in [0.15, 0.2) is 0 Å². The van der Waals surface area contributed by atoms with E-state index in [-0.39, 0.29) is 26.2 Å². The van der Waals surface area contributed by atoms with Gasteiger partial charge in [0.25, 0.3) is 0 Å². The Balaban J connectivity index is 0.00000196. The fourth-order valence-electron chi connectivity index (χ4n) is 1.68. The molecule has 1 rings (SSSR count). The van der Waals surface area contributed by atoms with E-state index in [1.54, 1.807) is 0 Å². The maximum atomic E-state index is 3.40. The van der Waals surface area contributed by atoms with Crippen LogP contribution >= 0.6 is 0 Å². The largest absolute Gasteiger partial charge is 0.450 e. The molecule has 0 amide bonds. The first-order valence-corrected chi connectivity index (χ1v) is 4.81. The van der Waals surface area contributed by atoms with E-state index in [9.17, 15) is 0 Å². The third kappa shape index (κ3) is 3.11. The second-order valence-corrected chi connectivity index (χ2v) is 4.18. The van der Waals surface area contributed by atoms with Crippen LogP contribution in [0.4, 0.5) is 0 Å². The number of nitrogens with zero attached hydrogens (tertiary/aromatic N) is 3. The van der Waals surface area contributed by atoms with E-state index >= 15 is 0 Å². The monoisotopic (exact) mass is 284 g/mol. The molecule has 1 aliphatic carbocycles. The molecule has 0 saturated heterocycles. The van der Waals surface area contributed by atoms with E-state index in [1.807, 2.05) is 0 Å². The molecule has 1 aliphatic rings. The van der Waals surface area contributed by atoms with Crippen LogP contribution in [0.5, 0.6) is 0 Å². The van der Waals surface area contributed by atoms with Crippen LogP contribution < -0.4 is 0 Å². The first-order valence-electron chi connectivity index (χ1n) is 4.81. The van der Waals surface area contributed by atoms with E-state index < -0.39 is 0 Å². The summed E-state index contributed by atoms with van der Waals surface area (Å²) in [5.74, 6) is 0. The Hall–Kier alpha value is -0.237. The predicted molar refractivity (Wildman–Crippen MR) is 59.5 cm³/mol. The van der Waals surface area contributed by atoms with Gasteiger partial charge >= 0.3 is 0 Å². The number of hydrogen-bond donors (Lipinski definition) is 0. The second-order valence-electron chi connectivity index (χ2n) is 4.18. The van der Waals surface area contributed by atoms with Crippen molar-refractivity contribution in [1.82, 2.24) is 14.7 Å². The van der Waals surface area contributed by atoms with Crippen molar-refractivity contribution in [2.45, 2.75) is 6.42 Å². The van der Waals surface area contributed by atoms with Gasteiger partial charge in [-0.1, -0.05) is 17.8 Å². The minimum absolute atomic E-state index is 0. The van der Waals surface area contributed by atoms with Gasteiger partial charge in [-0.05, 0) is 14.1 Å². The molecule has 0 aromatic rings. The molecule has 0 fully saturated rings. The molecule has 3 nitrogen and oxygen atoms in total. The van der Waals surface area contributed by atoms with Crippen molar-refractivity contribution >= 4 is 0 Å². The first-order chi connectivity index (χ1) is 6.45. The Kier molecular flexibility index (Phi) is 5.65. The Morgan fingerprint density at radius 1 is 0.867 bits per heavy atom. The molecule has 84 valence electrons. The molecule has 4 heteroatoms. The third-order valence-electron chi connectivity index (χ3n) is 2.36. The maximum Gasteiger partial charge on any atom is 0.00428 e. The topological polar surface area (TPSA) is 9.72 Å². The molecule has 0 aliphatic heterocycles. The van der Waals surface area contributed by atoms with E-state index in [2.05, 4.69) is 63.1 Å². The van der Waals surface area contributed by atoms with Crippen LogP contribution in [0, 0.1) is 6.08 Å². The Morgan fingerprint density at radius 3 is 1.73 bits per heavy atom. The molecule has 0 spiro atoms. The van der Waals surface area contributed by atoms with Crippen molar-refractivity contribution in [1.29, 1.82) is 0 Å². The van der Waals surface area contributed by atoms with Crippen LogP contribution in [0.3, 0.4) is 0 Å². The molecule has 15 heavy (non-hydrogen) atoms. The zero-order chi connectivity index (χ0) is 10.9. The average molecular weight is 286 g/mol. The standard InChI is InChI=1S/C11H20N3.Zr/c1-12(2)9-7-8-10(13(3)4)11(9)14(5)6;/h7H2,1-6H3;/q-1;. The molecule has 0 aromatic carbocycles. The van der Waals surface area contributed by atoms with Gasteiger partial charge in [-0.25, -0.2) is 6.08 Å². The smallest absolute Gasteiger partial charge is 0.00428 e. The van der Waals surface area contributed by atoms with E-state index in [1.165, 1.54) is 17.1 Å². The molecular formula is C11H20N3Zr-. The number of hydrogen-bond acceptors (Lipinski definition) is 3. The van der Waals surface area contributed by atoms with Gasteiger partial charge in [-0.2, -0.15) is 0 Å².